The highest BCUT2D eigenvalue weighted by atomic mass is 19.4. The van der Waals surface area contributed by atoms with Crippen molar-refractivity contribution in [2.75, 3.05) is 18.1 Å². The molecule has 2 atom stereocenters. The van der Waals surface area contributed by atoms with Crippen LogP contribution in [-0.2, 0) is 23.9 Å². The van der Waals surface area contributed by atoms with Gasteiger partial charge in [0.25, 0.3) is 0 Å². The van der Waals surface area contributed by atoms with E-state index < -0.39 is 11.7 Å². The molecule has 1 aromatic heterocycles. The molecule has 0 N–H and O–H groups in total. The van der Waals surface area contributed by atoms with E-state index in [2.05, 4.69) is 9.55 Å². The Morgan fingerprint density at radius 2 is 1.97 bits per heavy atom. The Hall–Kier alpha value is -3.31. The van der Waals surface area contributed by atoms with Gasteiger partial charge in [0, 0.05) is 42.6 Å². The molecule has 1 saturated carbocycles. The minimum Gasteiger partial charge on any atom is -0.376 e. The third kappa shape index (κ3) is 6.08. The maximum atomic E-state index is 13.6. The summed E-state index contributed by atoms with van der Waals surface area (Å²) in [7, 11) is 0. The number of benzene rings is 2. The lowest BCUT2D eigenvalue weighted by Gasteiger charge is -2.39. The smallest absolute Gasteiger partial charge is 0.376 e. The topological polar surface area (TPSA) is 54.1 Å². The maximum Gasteiger partial charge on any atom is 0.417 e. The van der Waals surface area contributed by atoms with Crippen LogP contribution < -0.4 is 4.90 Å². The number of imidazole rings is 1. The van der Waals surface area contributed by atoms with Gasteiger partial charge in [0.15, 0.2) is 0 Å². The molecule has 1 heterocycles. The first-order valence-corrected chi connectivity index (χ1v) is 12.4. The first kappa shape index (κ1) is 25.8. The van der Waals surface area contributed by atoms with E-state index in [4.69, 9.17) is 10.00 Å². The monoisotopic (exact) mass is 496 g/mol. The minimum atomic E-state index is -4.57. The summed E-state index contributed by atoms with van der Waals surface area (Å²) in [5.41, 5.74) is 1.53. The number of halogens is 3. The van der Waals surface area contributed by atoms with E-state index in [1.807, 2.05) is 54.7 Å². The van der Waals surface area contributed by atoms with Crippen molar-refractivity contribution in [3.05, 3.63) is 83.4 Å². The highest BCUT2D eigenvalue weighted by Gasteiger charge is 2.35. The van der Waals surface area contributed by atoms with Crippen LogP contribution in [0.15, 0.2) is 61.1 Å². The number of ether oxygens (including phenoxy) is 1. The Bertz CT molecular complexity index is 1170. The molecule has 2 unspecified atom stereocenters. The van der Waals surface area contributed by atoms with E-state index in [0.717, 1.165) is 49.4 Å². The average Bonchev–Trinajstić information content (AvgIpc) is 3.36. The molecule has 4 rings (SSSR count). The van der Waals surface area contributed by atoms with Crippen LogP contribution in [-0.4, -0.2) is 28.7 Å². The fourth-order valence-corrected chi connectivity index (χ4v) is 5.16. The number of anilines is 1. The zero-order chi connectivity index (χ0) is 25.5. The van der Waals surface area contributed by atoms with Crippen LogP contribution in [0, 0.1) is 11.3 Å². The van der Waals surface area contributed by atoms with Gasteiger partial charge in [0.2, 0.25) is 0 Å². The van der Waals surface area contributed by atoms with Gasteiger partial charge in [-0.2, -0.15) is 18.4 Å². The summed E-state index contributed by atoms with van der Waals surface area (Å²) in [5.74, 6) is 0. The van der Waals surface area contributed by atoms with Gasteiger partial charge < -0.3 is 14.2 Å². The van der Waals surface area contributed by atoms with Gasteiger partial charge in [-0.25, -0.2) is 4.98 Å². The predicted octanol–water partition coefficient (Wildman–Crippen LogP) is 6.54. The fraction of sp³-hybridized carbons (Fsp3) is 0.429. The molecule has 0 radical (unpaired) electrons. The second-order valence-corrected chi connectivity index (χ2v) is 9.18. The van der Waals surface area contributed by atoms with Gasteiger partial charge in [-0.1, -0.05) is 30.3 Å². The first-order chi connectivity index (χ1) is 17.4. The van der Waals surface area contributed by atoms with E-state index in [-0.39, 0.29) is 17.6 Å². The van der Waals surface area contributed by atoms with Crippen molar-refractivity contribution in [2.45, 2.75) is 63.9 Å². The molecule has 5 nitrogen and oxygen atoms in total. The van der Waals surface area contributed by atoms with Crippen LogP contribution in [0.5, 0.6) is 0 Å². The molecule has 36 heavy (non-hydrogen) atoms. The second kappa shape index (κ2) is 11.6. The Balaban J connectivity index is 1.43. The lowest BCUT2D eigenvalue weighted by atomic mass is 9.89. The molecule has 0 bridgehead atoms. The van der Waals surface area contributed by atoms with Crippen LogP contribution in [0.1, 0.15) is 61.0 Å². The van der Waals surface area contributed by atoms with Gasteiger partial charge in [-0.3, -0.25) is 0 Å². The third-order valence-electron chi connectivity index (χ3n) is 6.91. The van der Waals surface area contributed by atoms with Crippen molar-refractivity contribution in [3.8, 4) is 6.07 Å². The van der Waals surface area contributed by atoms with E-state index in [9.17, 15) is 13.2 Å². The Kier molecular flexibility index (Phi) is 8.32. The molecule has 1 aliphatic carbocycles. The average molecular weight is 497 g/mol. The normalized spacial score (nSPS) is 18.1. The standard InChI is InChI=1S/C28H31F3N4O/c1-2-34(25-12-11-22(17-32)27(16-25)28(29,30)31)23-9-6-10-24(15-23)35-20-33-18-26(35)13-14-36-19-21-7-4-3-5-8-21/h3-5,7-8,11-12,16,18,20,23-24H,2,6,9-10,13-15,19H2,1H3. The van der Waals surface area contributed by atoms with Crippen LogP contribution in [0.2, 0.25) is 0 Å². The second-order valence-electron chi connectivity index (χ2n) is 9.18. The summed E-state index contributed by atoms with van der Waals surface area (Å²) in [6, 6.07) is 16.1. The SMILES string of the molecule is CCN(c1ccc(C#N)c(C(F)(F)F)c1)C1CCCC(n2cncc2CCOCc2ccccc2)C1. The summed E-state index contributed by atoms with van der Waals surface area (Å²) in [4.78, 5) is 6.42. The van der Waals surface area contributed by atoms with Crippen LogP contribution >= 0.6 is 0 Å². The third-order valence-corrected chi connectivity index (χ3v) is 6.91. The van der Waals surface area contributed by atoms with E-state index in [1.165, 1.54) is 6.07 Å². The van der Waals surface area contributed by atoms with Crippen molar-refractivity contribution in [2.24, 2.45) is 0 Å². The Morgan fingerprint density at radius 3 is 2.69 bits per heavy atom. The molecule has 0 saturated heterocycles. The summed E-state index contributed by atoms with van der Waals surface area (Å²) >= 11 is 0. The van der Waals surface area contributed by atoms with Gasteiger partial charge in [0.05, 0.1) is 36.7 Å². The Labute approximate surface area is 210 Å². The van der Waals surface area contributed by atoms with Crippen molar-refractivity contribution in [3.63, 3.8) is 0 Å². The van der Waals surface area contributed by atoms with E-state index in [0.29, 0.717) is 25.4 Å². The number of nitrogens with zero attached hydrogens (tertiary/aromatic N) is 4. The number of nitriles is 1. The fourth-order valence-electron chi connectivity index (χ4n) is 5.16. The molecule has 190 valence electrons. The van der Waals surface area contributed by atoms with Crippen molar-refractivity contribution in [1.82, 2.24) is 9.55 Å². The summed E-state index contributed by atoms with van der Waals surface area (Å²) in [6.45, 7) is 3.70. The summed E-state index contributed by atoms with van der Waals surface area (Å²) < 4.78 is 48.7. The Morgan fingerprint density at radius 1 is 1.17 bits per heavy atom. The summed E-state index contributed by atoms with van der Waals surface area (Å²) in [6.07, 6.45) is 3.64. The van der Waals surface area contributed by atoms with Gasteiger partial charge in [-0.15, -0.1) is 0 Å². The first-order valence-electron chi connectivity index (χ1n) is 12.4. The molecule has 1 aliphatic rings. The quantitative estimate of drug-likeness (QED) is 0.316. The molecule has 0 spiro atoms. The van der Waals surface area contributed by atoms with Crippen LogP contribution in [0.25, 0.3) is 0 Å². The highest BCUT2D eigenvalue weighted by Crippen LogP contribution is 2.38. The van der Waals surface area contributed by atoms with Crippen LogP contribution in [0.3, 0.4) is 0 Å². The van der Waals surface area contributed by atoms with Crippen molar-refractivity contribution < 1.29 is 17.9 Å². The number of alkyl halides is 3. The molecular formula is C28H31F3N4O. The van der Waals surface area contributed by atoms with Crippen molar-refractivity contribution in [1.29, 1.82) is 5.26 Å². The molecule has 0 amide bonds. The molecule has 3 aromatic rings. The van der Waals surface area contributed by atoms with E-state index in [1.54, 1.807) is 12.1 Å². The highest BCUT2D eigenvalue weighted by molar-refractivity contribution is 5.55. The predicted molar refractivity (Wildman–Crippen MR) is 133 cm³/mol. The zero-order valence-corrected chi connectivity index (χ0v) is 20.4. The molecular weight excluding hydrogens is 465 g/mol. The molecule has 0 aliphatic heterocycles. The lowest BCUT2D eigenvalue weighted by Crippen LogP contribution is -2.39. The number of aromatic nitrogens is 2. The number of hydrogen-bond donors (Lipinski definition) is 0. The van der Waals surface area contributed by atoms with Crippen molar-refractivity contribution >= 4 is 5.69 Å². The number of hydrogen-bond acceptors (Lipinski definition) is 4. The van der Waals surface area contributed by atoms with E-state index >= 15 is 0 Å². The van der Waals surface area contributed by atoms with Gasteiger partial charge in [-0.05, 0) is 56.4 Å². The number of rotatable bonds is 9. The summed E-state index contributed by atoms with van der Waals surface area (Å²) in [5, 5.41) is 9.14. The molecule has 1 fully saturated rings. The zero-order valence-electron chi connectivity index (χ0n) is 20.4. The van der Waals surface area contributed by atoms with Gasteiger partial charge in [0.1, 0.15) is 0 Å². The maximum absolute atomic E-state index is 13.6. The molecule has 8 heteroatoms. The lowest BCUT2D eigenvalue weighted by molar-refractivity contribution is -0.137. The van der Waals surface area contributed by atoms with Gasteiger partial charge >= 0.3 is 6.18 Å². The minimum absolute atomic E-state index is 0.104. The largest absolute Gasteiger partial charge is 0.417 e. The molecule has 2 aromatic carbocycles. The van der Waals surface area contributed by atoms with Crippen LogP contribution in [0.4, 0.5) is 18.9 Å².